The van der Waals surface area contributed by atoms with Gasteiger partial charge < -0.3 is 4.74 Å². The van der Waals surface area contributed by atoms with E-state index < -0.39 is 0 Å². The summed E-state index contributed by atoms with van der Waals surface area (Å²) >= 11 is 0. The van der Waals surface area contributed by atoms with Gasteiger partial charge in [-0.25, -0.2) is 4.79 Å². The molecule has 0 atom stereocenters. The minimum Gasteiger partial charge on any atom is -0.465 e. The van der Waals surface area contributed by atoms with Crippen LogP contribution in [0.2, 0.25) is 0 Å². The Labute approximate surface area is 125 Å². The van der Waals surface area contributed by atoms with Crippen LogP contribution in [0.4, 0.5) is 0 Å². The number of hydrogen-bond acceptors (Lipinski definition) is 2. The highest BCUT2D eigenvalue weighted by molar-refractivity contribution is 5.93. The van der Waals surface area contributed by atoms with Crippen LogP contribution in [0.15, 0.2) is 54.1 Å². The maximum absolute atomic E-state index is 11.8. The van der Waals surface area contributed by atoms with E-state index >= 15 is 0 Å². The van der Waals surface area contributed by atoms with Crippen LogP contribution in [0.3, 0.4) is 0 Å². The Morgan fingerprint density at radius 1 is 1.05 bits per heavy atom. The van der Waals surface area contributed by atoms with E-state index in [1.165, 1.54) is 29.4 Å². The fourth-order valence-electron chi connectivity index (χ4n) is 2.96. The predicted octanol–water partition coefficient (Wildman–Crippen LogP) is 4.24. The quantitative estimate of drug-likeness (QED) is 0.768. The Balaban J connectivity index is 2.17. The van der Waals surface area contributed by atoms with E-state index in [4.69, 9.17) is 4.74 Å². The lowest BCUT2D eigenvalue weighted by atomic mass is 9.82. The number of rotatable bonds is 2. The SMILES string of the molecule is COC(=O)c1ccc2c(c1)C(c1ccccc1)=C(C)CC2. The summed E-state index contributed by atoms with van der Waals surface area (Å²) in [6.45, 7) is 2.18. The number of carbonyl (C=O) groups is 1. The molecule has 0 unspecified atom stereocenters. The van der Waals surface area contributed by atoms with Crippen LogP contribution in [0.25, 0.3) is 5.57 Å². The first kappa shape index (κ1) is 13.6. The largest absolute Gasteiger partial charge is 0.465 e. The number of esters is 1. The standard InChI is InChI=1S/C19H18O2/c1-13-8-9-14-10-11-16(19(20)21-2)12-17(14)18(13)15-6-4-3-5-7-15/h3-7,10-12H,8-9H2,1-2H3. The Kier molecular flexibility index (Phi) is 3.61. The average molecular weight is 278 g/mol. The first-order valence-corrected chi connectivity index (χ1v) is 7.17. The molecule has 0 bridgehead atoms. The zero-order chi connectivity index (χ0) is 14.8. The molecule has 0 spiro atoms. The second-order valence-electron chi connectivity index (χ2n) is 5.38. The maximum atomic E-state index is 11.8. The monoisotopic (exact) mass is 278 g/mol. The summed E-state index contributed by atoms with van der Waals surface area (Å²) in [5.74, 6) is -0.284. The molecule has 0 amide bonds. The van der Waals surface area contributed by atoms with Gasteiger partial charge in [0.1, 0.15) is 0 Å². The van der Waals surface area contributed by atoms with Gasteiger partial charge in [-0.05, 0) is 54.2 Å². The van der Waals surface area contributed by atoms with Gasteiger partial charge in [0.05, 0.1) is 12.7 Å². The molecule has 106 valence electrons. The summed E-state index contributed by atoms with van der Waals surface area (Å²) in [4.78, 5) is 11.8. The second-order valence-corrected chi connectivity index (χ2v) is 5.38. The molecule has 2 nitrogen and oxygen atoms in total. The normalized spacial score (nSPS) is 13.8. The van der Waals surface area contributed by atoms with Crippen LogP contribution < -0.4 is 0 Å². The summed E-state index contributed by atoms with van der Waals surface area (Å²) in [6.07, 6.45) is 2.09. The topological polar surface area (TPSA) is 26.3 Å². The van der Waals surface area contributed by atoms with Crippen LogP contribution >= 0.6 is 0 Å². The van der Waals surface area contributed by atoms with Crippen LogP contribution in [0.5, 0.6) is 0 Å². The molecule has 0 fully saturated rings. The number of fused-ring (bicyclic) bond motifs is 1. The molecule has 1 aliphatic carbocycles. The van der Waals surface area contributed by atoms with Crippen molar-refractivity contribution in [2.75, 3.05) is 7.11 Å². The van der Waals surface area contributed by atoms with Crippen LogP contribution in [-0.4, -0.2) is 13.1 Å². The van der Waals surface area contributed by atoms with E-state index in [1.807, 2.05) is 30.3 Å². The molecule has 0 heterocycles. The lowest BCUT2D eigenvalue weighted by Crippen LogP contribution is -2.08. The summed E-state index contributed by atoms with van der Waals surface area (Å²) < 4.78 is 4.84. The highest BCUT2D eigenvalue weighted by Crippen LogP contribution is 2.36. The third-order valence-corrected chi connectivity index (χ3v) is 4.06. The molecule has 21 heavy (non-hydrogen) atoms. The van der Waals surface area contributed by atoms with E-state index in [2.05, 4.69) is 25.1 Å². The third kappa shape index (κ3) is 2.49. The number of methoxy groups -OCH3 is 1. The van der Waals surface area contributed by atoms with E-state index in [0.29, 0.717) is 5.56 Å². The molecule has 2 heteroatoms. The van der Waals surface area contributed by atoms with Gasteiger partial charge in [0, 0.05) is 0 Å². The first-order chi connectivity index (χ1) is 10.2. The number of carbonyl (C=O) groups excluding carboxylic acids is 1. The van der Waals surface area contributed by atoms with Gasteiger partial charge in [-0.2, -0.15) is 0 Å². The lowest BCUT2D eigenvalue weighted by molar-refractivity contribution is 0.0600. The zero-order valence-electron chi connectivity index (χ0n) is 12.3. The summed E-state index contributed by atoms with van der Waals surface area (Å²) in [6, 6.07) is 16.2. The Morgan fingerprint density at radius 2 is 1.81 bits per heavy atom. The van der Waals surface area contributed by atoms with Gasteiger partial charge in [-0.15, -0.1) is 0 Å². The highest BCUT2D eigenvalue weighted by Gasteiger charge is 2.19. The van der Waals surface area contributed by atoms with Crippen molar-refractivity contribution >= 4 is 11.5 Å². The zero-order valence-corrected chi connectivity index (χ0v) is 12.3. The molecular weight excluding hydrogens is 260 g/mol. The molecule has 1 aliphatic rings. The van der Waals surface area contributed by atoms with Gasteiger partial charge in [0.15, 0.2) is 0 Å². The predicted molar refractivity (Wildman–Crippen MR) is 84.2 cm³/mol. The smallest absolute Gasteiger partial charge is 0.337 e. The lowest BCUT2D eigenvalue weighted by Gasteiger charge is -2.22. The molecule has 0 saturated carbocycles. The number of hydrogen-bond donors (Lipinski definition) is 0. The van der Waals surface area contributed by atoms with E-state index in [-0.39, 0.29) is 5.97 Å². The van der Waals surface area contributed by atoms with Crippen LogP contribution in [0.1, 0.15) is 40.4 Å². The van der Waals surface area contributed by atoms with E-state index in [1.54, 1.807) is 0 Å². The molecule has 0 aliphatic heterocycles. The van der Waals surface area contributed by atoms with Crippen molar-refractivity contribution in [2.24, 2.45) is 0 Å². The molecule has 2 aromatic rings. The Hall–Kier alpha value is -2.35. The molecule has 3 rings (SSSR count). The first-order valence-electron chi connectivity index (χ1n) is 7.17. The van der Waals surface area contributed by atoms with Gasteiger partial charge >= 0.3 is 5.97 Å². The molecule has 0 aromatic heterocycles. The van der Waals surface area contributed by atoms with Gasteiger partial charge in [-0.3, -0.25) is 0 Å². The number of ether oxygens (including phenoxy) is 1. The molecular formula is C19H18O2. The Bertz CT molecular complexity index is 712. The maximum Gasteiger partial charge on any atom is 0.337 e. The van der Waals surface area contributed by atoms with E-state index in [0.717, 1.165) is 18.4 Å². The average Bonchev–Trinajstić information content (AvgIpc) is 2.54. The summed E-state index contributed by atoms with van der Waals surface area (Å²) in [7, 11) is 1.42. The van der Waals surface area contributed by atoms with Gasteiger partial charge in [-0.1, -0.05) is 42.0 Å². The van der Waals surface area contributed by atoms with Crippen molar-refractivity contribution in [1.82, 2.24) is 0 Å². The van der Waals surface area contributed by atoms with E-state index in [9.17, 15) is 4.79 Å². The summed E-state index contributed by atoms with van der Waals surface area (Å²) in [5.41, 5.74) is 6.90. The fraction of sp³-hybridized carbons (Fsp3) is 0.211. The van der Waals surface area contributed by atoms with Crippen molar-refractivity contribution in [3.63, 3.8) is 0 Å². The number of allylic oxidation sites excluding steroid dienone is 1. The van der Waals surface area contributed by atoms with Gasteiger partial charge in [0.2, 0.25) is 0 Å². The third-order valence-electron chi connectivity index (χ3n) is 4.06. The Morgan fingerprint density at radius 3 is 2.52 bits per heavy atom. The molecule has 0 radical (unpaired) electrons. The van der Waals surface area contributed by atoms with Crippen LogP contribution in [0, 0.1) is 0 Å². The van der Waals surface area contributed by atoms with Crippen molar-refractivity contribution in [3.8, 4) is 0 Å². The number of aryl methyl sites for hydroxylation is 1. The van der Waals surface area contributed by atoms with Gasteiger partial charge in [0.25, 0.3) is 0 Å². The summed E-state index contributed by atoms with van der Waals surface area (Å²) in [5, 5.41) is 0. The molecule has 0 saturated heterocycles. The van der Waals surface area contributed by atoms with Crippen LogP contribution in [-0.2, 0) is 11.2 Å². The minimum atomic E-state index is -0.284. The van der Waals surface area contributed by atoms with Crippen molar-refractivity contribution in [3.05, 3.63) is 76.4 Å². The van der Waals surface area contributed by atoms with Crippen molar-refractivity contribution in [2.45, 2.75) is 19.8 Å². The number of benzene rings is 2. The molecule has 0 N–H and O–H groups in total. The minimum absolute atomic E-state index is 0.284. The fourth-order valence-corrected chi connectivity index (χ4v) is 2.96. The van der Waals surface area contributed by atoms with Crippen molar-refractivity contribution < 1.29 is 9.53 Å². The second kappa shape index (κ2) is 5.57. The highest BCUT2D eigenvalue weighted by atomic mass is 16.5. The van der Waals surface area contributed by atoms with Crippen molar-refractivity contribution in [1.29, 1.82) is 0 Å². The molecule has 2 aromatic carbocycles.